The van der Waals surface area contributed by atoms with Gasteiger partial charge in [0.2, 0.25) is 0 Å². The Morgan fingerprint density at radius 1 is 0.919 bits per heavy atom. The van der Waals surface area contributed by atoms with Crippen molar-refractivity contribution in [3.8, 4) is 0 Å². The van der Waals surface area contributed by atoms with Crippen LogP contribution in [0.4, 0.5) is 16.2 Å². The van der Waals surface area contributed by atoms with Crippen molar-refractivity contribution in [1.29, 1.82) is 0 Å². The number of methoxy groups -OCH3 is 1. The number of hydrogen-bond donors (Lipinski definition) is 3. The molecule has 1 heterocycles. The predicted octanol–water partition coefficient (Wildman–Crippen LogP) is 5.11. The maximum Gasteiger partial charge on any atom is 0.328 e. The quantitative estimate of drug-likeness (QED) is 0.406. The van der Waals surface area contributed by atoms with Gasteiger partial charge < -0.3 is 25.4 Å². The van der Waals surface area contributed by atoms with Gasteiger partial charge in [-0.3, -0.25) is 4.79 Å². The van der Waals surface area contributed by atoms with Crippen LogP contribution in [0, 0.1) is 26.7 Å². The van der Waals surface area contributed by atoms with Crippen LogP contribution in [-0.2, 0) is 14.3 Å². The predicted molar refractivity (Wildman–Crippen MR) is 144 cm³/mol. The number of fused-ring (bicyclic) bond motifs is 1. The zero-order chi connectivity index (χ0) is 26.5. The summed E-state index contributed by atoms with van der Waals surface area (Å²) in [6.07, 6.45) is 1.28. The second-order valence-corrected chi connectivity index (χ2v) is 9.52. The van der Waals surface area contributed by atoms with Gasteiger partial charge in [0, 0.05) is 18.9 Å². The lowest BCUT2D eigenvalue weighted by molar-refractivity contribution is -0.145. The van der Waals surface area contributed by atoms with Crippen LogP contribution in [0.25, 0.3) is 10.8 Å². The number of ether oxygens (including phenoxy) is 2. The largest absolute Gasteiger partial charge is 0.467 e. The van der Waals surface area contributed by atoms with Crippen LogP contribution in [0.5, 0.6) is 0 Å². The van der Waals surface area contributed by atoms with E-state index in [2.05, 4.69) is 16.0 Å². The van der Waals surface area contributed by atoms with E-state index in [1.807, 2.05) is 57.2 Å². The van der Waals surface area contributed by atoms with Crippen molar-refractivity contribution in [3.05, 3.63) is 70.8 Å². The van der Waals surface area contributed by atoms with E-state index < -0.39 is 23.9 Å². The van der Waals surface area contributed by atoms with E-state index >= 15 is 0 Å². The van der Waals surface area contributed by atoms with Crippen LogP contribution in [0.1, 0.15) is 39.9 Å². The molecule has 3 aromatic rings. The van der Waals surface area contributed by atoms with E-state index in [9.17, 15) is 14.4 Å². The van der Waals surface area contributed by atoms with Crippen LogP contribution in [0.15, 0.2) is 48.5 Å². The van der Waals surface area contributed by atoms with Gasteiger partial charge >= 0.3 is 12.0 Å². The molecule has 3 aromatic carbocycles. The molecule has 1 aliphatic heterocycles. The van der Waals surface area contributed by atoms with Gasteiger partial charge in [0.1, 0.15) is 6.04 Å². The van der Waals surface area contributed by atoms with Gasteiger partial charge in [-0.2, -0.15) is 0 Å². The van der Waals surface area contributed by atoms with Gasteiger partial charge in [-0.15, -0.1) is 0 Å². The minimum absolute atomic E-state index is 0.0993. The molecule has 0 spiro atoms. The number of carbonyl (C=O) groups excluding carboxylic acids is 3. The number of benzene rings is 3. The molecule has 37 heavy (non-hydrogen) atoms. The summed E-state index contributed by atoms with van der Waals surface area (Å²) >= 11 is 0. The maximum atomic E-state index is 13.5. The van der Waals surface area contributed by atoms with E-state index in [0.717, 1.165) is 33.2 Å². The highest BCUT2D eigenvalue weighted by atomic mass is 16.5. The highest BCUT2D eigenvalue weighted by Crippen LogP contribution is 2.27. The molecule has 1 saturated heterocycles. The Morgan fingerprint density at radius 2 is 1.54 bits per heavy atom. The van der Waals surface area contributed by atoms with Gasteiger partial charge in [-0.25, -0.2) is 9.59 Å². The van der Waals surface area contributed by atoms with Crippen molar-refractivity contribution in [2.75, 3.05) is 31.0 Å². The van der Waals surface area contributed by atoms with Crippen molar-refractivity contribution in [3.63, 3.8) is 0 Å². The first-order chi connectivity index (χ1) is 17.8. The Morgan fingerprint density at radius 3 is 2.16 bits per heavy atom. The lowest BCUT2D eigenvalue weighted by atomic mass is 9.91. The summed E-state index contributed by atoms with van der Waals surface area (Å²) in [4.78, 5) is 39.2. The molecule has 1 unspecified atom stereocenters. The SMILES string of the molecule is COC(=O)C(NC(=O)c1cc2ccccc2cc1NC(=O)Nc1c(C)cc(C)cc1C)C1CCOCC1. The van der Waals surface area contributed by atoms with Gasteiger partial charge in [0.05, 0.1) is 18.4 Å². The average Bonchev–Trinajstić information content (AvgIpc) is 2.88. The topological polar surface area (TPSA) is 106 Å². The minimum atomic E-state index is -0.813. The van der Waals surface area contributed by atoms with Gasteiger partial charge in [-0.1, -0.05) is 42.0 Å². The number of amides is 3. The van der Waals surface area contributed by atoms with E-state index in [4.69, 9.17) is 9.47 Å². The number of aryl methyl sites for hydroxylation is 3. The number of esters is 1. The standard InChI is InChI=1S/C29H33N3O5/c1-17-13-18(2)25(19(3)14-17)32-29(35)30-24-16-22-8-6-5-7-21(22)15-23(24)27(33)31-26(28(34)36-4)20-9-11-37-12-10-20/h5-8,13-16,20,26H,9-12H2,1-4H3,(H,31,33)(H2,30,32,35). The molecular weight excluding hydrogens is 470 g/mol. The summed E-state index contributed by atoms with van der Waals surface area (Å²) in [6.45, 7) is 6.93. The van der Waals surface area contributed by atoms with E-state index in [1.54, 1.807) is 12.1 Å². The first-order valence-corrected chi connectivity index (χ1v) is 12.4. The first-order valence-electron chi connectivity index (χ1n) is 12.4. The van der Waals surface area contributed by atoms with E-state index in [-0.39, 0.29) is 11.5 Å². The van der Waals surface area contributed by atoms with Gasteiger partial charge in [-0.05, 0) is 73.6 Å². The summed E-state index contributed by atoms with van der Waals surface area (Å²) in [6, 6.07) is 13.8. The molecule has 8 nitrogen and oxygen atoms in total. The summed E-state index contributed by atoms with van der Waals surface area (Å²) in [5, 5.41) is 10.3. The van der Waals surface area contributed by atoms with Crippen LogP contribution < -0.4 is 16.0 Å². The number of anilines is 2. The Hall–Kier alpha value is -3.91. The fourth-order valence-corrected chi connectivity index (χ4v) is 4.94. The Kier molecular flexibility index (Phi) is 8.08. The third kappa shape index (κ3) is 6.09. The Balaban J connectivity index is 1.63. The molecule has 1 aliphatic rings. The molecule has 0 saturated carbocycles. The van der Waals surface area contributed by atoms with Gasteiger partial charge in [0.25, 0.3) is 5.91 Å². The smallest absolute Gasteiger partial charge is 0.328 e. The molecular formula is C29H33N3O5. The molecule has 3 amide bonds. The summed E-state index contributed by atoms with van der Waals surface area (Å²) in [5.74, 6) is -1.07. The van der Waals surface area contributed by atoms with Crippen molar-refractivity contribution in [2.45, 2.75) is 39.7 Å². The number of carbonyl (C=O) groups is 3. The van der Waals surface area contributed by atoms with Crippen LogP contribution in [0.2, 0.25) is 0 Å². The number of nitrogens with one attached hydrogen (secondary N) is 3. The molecule has 3 N–H and O–H groups in total. The third-order valence-corrected chi connectivity index (χ3v) is 6.77. The van der Waals surface area contributed by atoms with Gasteiger partial charge in [0.15, 0.2) is 0 Å². The molecule has 8 heteroatoms. The number of urea groups is 1. The molecule has 4 rings (SSSR count). The fraction of sp³-hybridized carbons (Fsp3) is 0.345. The maximum absolute atomic E-state index is 13.5. The average molecular weight is 504 g/mol. The molecule has 1 atom stereocenters. The zero-order valence-electron chi connectivity index (χ0n) is 21.6. The summed E-state index contributed by atoms with van der Waals surface area (Å²) in [5.41, 5.74) is 4.32. The molecule has 0 aromatic heterocycles. The molecule has 0 aliphatic carbocycles. The molecule has 0 bridgehead atoms. The normalized spacial score (nSPS) is 14.6. The summed E-state index contributed by atoms with van der Waals surface area (Å²) < 4.78 is 10.4. The van der Waals surface area contributed by atoms with Crippen molar-refractivity contribution < 1.29 is 23.9 Å². The van der Waals surface area contributed by atoms with Crippen LogP contribution in [0.3, 0.4) is 0 Å². The van der Waals surface area contributed by atoms with Crippen molar-refractivity contribution in [1.82, 2.24) is 5.32 Å². The molecule has 0 radical (unpaired) electrons. The fourth-order valence-electron chi connectivity index (χ4n) is 4.94. The first kappa shape index (κ1) is 26.2. The number of hydrogen-bond acceptors (Lipinski definition) is 5. The van der Waals surface area contributed by atoms with Crippen LogP contribution >= 0.6 is 0 Å². The molecule has 194 valence electrons. The third-order valence-electron chi connectivity index (χ3n) is 6.77. The highest BCUT2D eigenvalue weighted by molar-refractivity contribution is 6.10. The highest BCUT2D eigenvalue weighted by Gasteiger charge is 2.33. The van der Waals surface area contributed by atoms with E-state index in [1.165, 1.54) is 7.11 Å². The second-order valence-electron chi connectivity index (χ2n) is 9.52. The lowest BCUT2D eigenvalue weighted by Crippen LogP contribution is -2.48. The minimum Gasteiger partial charge on any atom is -0.467 e. The lowest BCUT2D eigenvalue weighted by Gasteiger charge is -2.29. The second kappa shape index (κ2) is 11.4. The van der Waals surface area contributed by atoms with Crippen LogP contribution in [-0.4, -0.2) is 44.3 Å². The summed E-state index contributed by atoms with van der Waals surface area (Å²) in [7, 11) is 1.31. The number of rotatable bonds is 6. The van der Waals surface area contributed by atoms with Crippen molar-refractivity contribution >= 4 is 40.1 Å². The van der Waals surface area contributed by atoms with Crippen molar-refractivity contribution in [2.24, 2.45) is 5.92 Å². The zero-order valence-corrected chi connectivity index (χ0v) is 21.6. The van der Waals surface area contributed by atoms with E-state index in [0.29, 0.717) is 31.7 Å². The Bertz CT molecular complexity index is 1310. The molecule has 1 fully saturated rings. The Labute approximate surface area is 216 Å². The monoisotopic (exact) mass is 503 g/mol.